The van der Waals surface area contributed by atoms with E-state index in [1.165, 1.54) is 0 Å². The molecule has 0 saturated heterocycles. The molecular formula is C18H13ClN2O. The van der Waals surface area contributed by atoms with Gasteiger partial charge in [0.25, 0.3) is 0 Å². The molecule has 2 aromatic carbocycles. The first-order valence-electron chi connectivity index (χ1n) is 7.01. The van der Waals surface area contributed by atoms with Gasteiger partial charge in [0.05, 0.1) is 0 Å². The predicted molar refractivity (Wildman–Crippen MR) is 88.5 cm³/mol. The highest BCUT2D eigenvalue weighted by atomic mass is 35.5. The molecule has 0 spiro atoms. The number of rotatable bonds is 2. The van der Waals surface area contributed by atoms with Gasteiger partial charge in [0.1, 0.15) is 5.52 Å². The van der Waals surface area contributed by atoms with E-state index in [1.54, 1.807) is 0 Å². The van der Waals surface area contributed by atoms with Crippen molar-refractivity contribution in [1.29, 1.82) is 0 Å². The number of aromatic nitrogens is 2. The number of aryl methyl sites for hydroxylation is 1. The molecule has 0 aliphatic carbocycles. The van der Waals surface area contributed by atoms with Crippen molar-refractivity contribution in [3.63, 3.8) is 0 Å². The van der Waals surface area contributed by atoms with Gasteiger partial charge in [-0.1, -0.05) is 11.6 Å². The average Bonchev–Trinajstić information content (AvgIpc) is 3.17. The molecule has 4 heteroatoms. The van der Waals surface area contributed by atoms with Gasteiger partial charge in [-0.15, -0.1) is 0 Å². The quantitative estimate of drug-likeness (QED) is 0.506. The van der Waals surface area contributed by atoms with Gasteiger partial charge in [-0.3, -0.25) is 0 Å². The van der Waals surface area contributed by atoms with Crippen molar-refractivity contribution in [3.8, 4) is 17.1 Å². The molecule has 0 saturated carbocycles. The van der Waals surface area contributed by atoms with Crippen LogP contribution in [-0.2, 0) is 0 Å². The number of nitrogens with zero attached hydrogens (tertiary/aromatic N) is 2. The smallest absolute Gasteiger partial charge is 0.227 e. The normalized spacial score (nSPS) is 11.2. The lowest BCUT2D eigenvalue weighted by Gasteiger charge is -2.03. The monoisotopic (exact) mass is 308 g/mol. The summed E-state index contributed by atoms with van der Waals surface area (Å²) in [5, 5.41) is 0.700. The number of benzene rings is 2. The molecule has 22 heavy (non-hydrogen) atoms. The van der Waals surface area contributed by atoms with Crippen molar-refractivity contribution in [2.45, 2.75) is 6.92 Å². The van der Waals surface area contributed by atoms with Crippen molar-refractivity contribution in [2.24, 2.45) is 0 Å². The zero-order chi connectivity index (χ0) is 15.1. The fourth-order valence-corrected chi connectivity index (χ4v) is 2.68. The summed E-state index contributed by atoms with van der Waals surface area (Å²) in [5.41, 5.74) is 4.73. The zero-order valence-corrected chi connectivity index (χ0v) is 12.7. The largest absolute Gasteiger partial charge is 0.436 e. The highest BCUT2D eigenvalue weighted by molar-refractivity contribution is 6.30. The summed E-state index contributed by atoms with van der Waals surface area (Å²) in [6.07, 6.45) is 4.03. The van der Waals surface area contributed by atoms with Crippen LogP contribution in [0.3, 0.4) is 0 Å². The van der Waals surface area contributed by atoms with E-state index in [9.17, 15) is 0 Å². The lowest BCUT2D eigenvalue weighted by Crippen LogP contribution is -1.90. The first kappa shape index (κ1) is 13.2. The lowest BCUT2D eigenvalue weighted by atomic mass is 10.2. The minimum atomic E-state index is 0.611. The third-order valence-corrected chi connectivity index (χ3v) is 3.91. The summed E-state index contributed by atoms with van der Waals surface area (Å²) in [5.74, 6) is 0.611. The molecule has 108 valence electrons. The van der Waals surface area contributed by atoms with E-state index in [2.05, 4.69) is 15.6 Å². The number of hydrogen-bond acceptors (Lipinski definition) is 2. The summed E-state index contributed by atoms with van der Waals surface area (Å²) >= 11 is 5.93. The first-order chi connectivity index (χ1) is 10.7. The van der Waals surface area contributed by atoms with E-state index in [0.29, 0.717) is 10.9 Å². The molecule has 0 aliphatic rings. The molecule has 0 aliphatic heterocycles. The Morgan fingerprint density at radius 1 is 1.05 bits per heavy atom. The molecule has 0 atom stereocenters. The summed E-state index contributed by atoms with van der Waals surface area (Å²) in [4.78, 5) is 4.62. The Morgan fingerprint density at radius 2 is 1.77 bits per heavy atom. The maximum Gasteiger partial charge on any atom is 0.227 e. The summed E-state index contributed by atoms with van der Waals surface area (Å²) in [6, 6.07) is 15.6. The first-order valence-corrected chi connectivity index (χ1v) is 7.39. The van der Waals surface area contributed by atoms with Crippen LogP contribution in [0, 0.1) is 6.92 Å². The molecule has 0 bridgehead atoms. The third kappa shape index (κ3) is 2.20. The van der Waals surface area contributed by atoms with Crippen molar-refractivity contribution >= 4 is 22.7 Å². The number of oxazole rings is 1. The zero-order valence-electron chi connectivity index (χ0n) is 12.0. The van der Waals surface area contributed by atoms with E-state index in [1.807, 2.05) is 61.8 Å². The highest BCUT2D eigenvalue weighted by Crippen LogP contribution is 2.29. The summed E-state index contributed by atoms with van der Waals surface area (Å²) in [7, 11) is 0. The van der Waals surface area contributed by atoms with Crippen LogP contribution in [0.1, 0.15) is 5.56 Å². The summed E-state index contributed by atoms with van der Waals surface area (Å²) < 4.78 is 7.99. The Labute approximate surface area is 132 Å². The SMILES string of the molecule is Cc1cc(-n2cccc2)cc2nc(-c3ccc(Cl)cc3)oc12. The molecule has 2 aromatic heterocycles. The van der Waals surface area contributed by atoms with Gasteiger partial charge in [0.15, 0.2) is 5.58 Å². The van der Waals surface area contributed by atoms with E-state index in [-0.39, 0.29) is 0 Å². The van der Waals surface area contributed by atoms with Crippen molar-refractivity contribution in [1.82, 2.24) is 9.55 Å². The highest BCUT2D eigenvalue weighted by Gasteiger charge is 2.12. The second kappa shape index (κ2) is 5.04. The van der Waals surface area contributed by atoms with Crippen LogP contribution in [0.25, 0.3) is 28.2 Å². The van der Waals surface area contributed by atoms with Crippen LogP contribution in [0.5, 0.6) is 0 Å². The van der Waals surface area contributed by atoms with Crippen LogP contribution < -0.4 is 0 Å². The van der Waals surface area contributed by atoms with Crippen molar-refractivity contribution < 1.29 is 4.42 Å². The molecule has 0 N–H and O–H groups in total. The summed E-state index contributed by atoms with van der Waals surface area (Å²) in [6.45, 7) is 2.03. The van der Waals surface area contributed by atoms with Gasteiger partial charge < -0.3 is 8.98 Å². The number of halogens is 1. The van der Waals surface area contributed by atoms with Crippen LogP contribution in [-0.4, -0.2) is 9.55 Å². The Balaban J connectivity index is 1.87. The van der Waals surface area contributed by atoms with Gasteiger partial charge >= 0.3 is 0 Å². The van der Waals surface area contributed by atoms with E-state index >= 15 is 0 Å². The molecule has 4 aromatic rings. The topological polar surface area (TPSA) is 31.0 Å². The minimum absolute atomic E-state index is 0.611. The second-order valence-electron chi connectivity index (χ2n) is 5.23. The predicted octanol–water partition coefficient (Wildman–Crippen LogP) is 5.25. The Hall–Kier alpha value is -2.52. The van der Waals surface area contributed by atoms with Crippen molar-refractivity contribution in [2.75, 3.05) is 0 Å². The van der Waals surface area contributed by atoms with Gasteiger partial charge in [0.2, 0.25) is 5.89 Å². The fourth-order valence-electron chi connectivity index (χ4n) is 2.55. The minimum Gasteiger partial charge on any atom is -0.436 e. The molecule has 4 rings (SSSR count). The van der Waals surface area contributed by atoms with Gasteiger partial charge in [-0.25, -0.2) is 4.98 Å². The Morgan fingerprint density at radius 3 is 2.50 bits per heavy atom. The van der Waals surface area contributed by atoms with Crippen LogP contribution in [0.2, 0.25) is 5.02 Å². The maximum atomic E-state index is 5.93. The molecular weight excluding hydrogens is 296 g/mol. The number of fused-ring (bicyclic) bond motifs is 1. The fraction of sp³-hybridized carbons (Fsp3) is 0.0556. The molecule has 0 unspecified atom stereocenters. The Bertz CT molecular complexity index is 937. The van der Waals surface area contributed by atoms with Crippen LogP contribution in [0.15, 0.2) is 65.3 Å². The number of hydrogen-bond donors (Lipinski definition) is 0. The van der Waals surface area contributed by atoms with Gasteiger partial charge in [0, 0.05) is 28.7 Å². The molecule has 0 fully saturated rings. The van der Waals surface area contributed by atoms with E-state index in [4.69, 9.17) is 16.0 Å². The van der Waals surface area contributed by atoms with Gasteiger partial charge in [-0.2, -0.15) is 0 Å². The second-order valence-corrected chi connectivity index (χ2v) is 5.66. The van der Waals surface area contributed by atoms with Crippen LogP contribution >= 0.6 is 11.6 Å². The standard InChI is InChI=1S/C18H13ClN2O/c1-12-10-15(21-8-2-3-9-21)11-16-17(12)22-18(20-16)13-4-6-14(19)7-5-13/h2-11H,1H3. The third-order valence-electron chi connectivity index (χ3n) is 3.65. The molecule has 0 radical (unpaired) electrons. The van der Waals surface area contributed by atoms with E-state index < -0.39 is 0 Å². The molecule has 3 nitrogen and oxygen atoms in total. The molecule has 2 heterocycles. The van der Waals surface area contributed by atoms with Crippen LogP contribution in [0.4, 0.5) is 0 Å². The lowest BCUT2D eigenvalue weighted by molar-refractivity contribution is 0.617. The van der Waals surface area contributed by atoms with Crippen molar-refractivity contribution in [3.05, 3.63) is 71.5 Å². The Kier molecular flexibility index (Phi) is 3.01. The maximum absolute atomic E-state index is 5.93. The van der Waals surface area contributed by atoms with Gasteiger partial charge in [-0.05, 0) is 61.0 Å². The average molecular weight is 309 g/mol. The molecule has 0 amide bonds. The van der Waals surface area contributed by atoms with E-state index in [0.717, 1.165) is 27.9 Å².